The predicted octanol–water partition coefficient (Wildman–Crippen LogP) is 2.15. The van der Waals surface area contributed by atoms with Gasteiger partial charge in [0, 0.05) is 18.8 Å². The largest absolute Gasteiger partial charge is 0.481 e. The molecule has 0 unspecified atom stereocenters. The van der Waals surface area contributed by atoms with Crippen LogP contribution in [0.2, 0.25) is 0 Å². The molecule has 1 aliphatic heterocycles. The monoisotopic (exact) mass is 266 g/mol. The number of hydrogen-bond donors (Lipinski definition) is 2. The molecule has 1 aliphatic rings. The van der Waals surface area contributed by atoms with Crippen molar-refractivity contribution in [2.75, 3.05) is 18.4 Å². The Bertz CT molecular complexity index is 485. The van der Waals surface area contributed by atoms with E-state index in [1.165, 1.54) is 18.2 Å². The van der Waals surface area contributed by atoms with E-state index in [-0.39, 0.29) is 11.9 Å². The highest BCUT2D eigenvalue weighted by Gasteiger charge is 2.26. The molecule has 1 heterocycles. The molecule has 1 aromatic rings. The van der Waals surface area contributed by atoms with Crippen molar-refractivity contribution in [1.82, 2.24) is 4.90 Å². The second-order valence-corrected chi connectivity index (χ2v) is 4.54. The van der Waals surface area contributed by atoms with E-state index >= 15 is 0 Å². The zero-order chi connectivity index (χ0) is 13.8. The molecule has 2 amide bonds. The maximum absolute atomic E-state index is 13.0. The van der Waals surface area contributed by atoms with Crippen LogP contribution in [0.1, 0.15) is 12.8 Å². The number of carbonyl (C=O) groups excluding carboxylic acids is 1. The van der Waals surface area contributed by atoms with E-state index in [1.807, 2.05) is 0 Å². The Labute approximate surface area is 110 Å². The number of piperidine rings is 1. The first-order chi connectivity index (χ1) is 9.06. The van der Waals surface area contributed by atoms with Gasteiger partial charge in [-0.2, -0.15) is 0 Å². The summed E-state index contributed by atoms with van der Waals surface area (Å²) in [6.07, 6.45) is 0.901. The maximum Gasteiger partial charge on any atom is 0.321 e. The molecule has 1 saturated heterocycles. The Morgan fingerprint density at radius 3 is 2.58 bits per heavy atom. The molecule has 2 N–H and O–H groups in total. The average Bonchev–Trinajstić information content (AvgIpc) is 2.39. The van der Waals surface area contributed by atoms with Gasteiger partial charge in [-0.1, -0.05) is 6.07 Å². The molecule has 0 bridgehead atoms. The van der Waals surface area contributed by atoms with Crippen LogP contribution in [0.3, 0.4) is 0 Å². The second kappa shape index (κ2) is 5.69. The number of likely N-dealkylation sites (tertiary alicyclic amines) is 1. The summed E-state index contributed by atoms with van der Waals surface area (Å²) in [4.78, 5) is 24.2. The lowest BCUT2D eigenvalue weighted by Crippen LogP contribution is -2.42. The molecule has 0 aromatic heterocycles. The first kappa shape index (κ1) is 13.3. The van der Waals surface area contributed by atoms with Crippen molar-refractivity contribution < 1.29 is 19.1 Å². The van der Waals surface area contributed by atoms with Crippen LogP contribution in [-0.4, -0.2) is 35.1 Å². The first-order valence-corrected chi connectivity index (χ1v) is 6.10. The highest BCUT2D eigenvalue weighted by molar-refractivity contribution is 5.89. The lowest BCUT2D eigenvalue weighted by molar-refractivity contribution is -0.143. The summed E-state index contributed by atoms with van der Waals surface area (Å²) in [6.45, 7) is 0.802. The Morgan fingerprint density at radius 2 is 2.00 bits per heavy atom. The molecule has 19 heavy (non-hydrogen) atoms. The Hall–Kier alpha value is -2.11. The van der Waals surface area contributed by atoms with E-state index in [1.54, 1.807) is 11.0 Å². The Morgan fingerprint density at radius 1 is 1.32 bits per heavy atom. The minimum absolute atomic E-state index is 0.325. The molecule has 0 spiro atoms. The summed E-state index contributed by atoms with van der Waals surface area (Å²) in [5, 5.41) is 11.5. The number of aliphatic carboxylic acids is 1. The van der Waals surface area contributed by atoms with Gasteiger partial charge in [-0.3, -0.25) is 4.79 Å². The number of halogens is 1. The van der Waals surface area contributed by atoms with Gasteiger partial charge in [-0.15, -0.1) is 0 Å². The van der Waals surface area contributed by atoms with Gasteiger partial charge in [0.25, 0.3) is 0 Å². The number of amides is 2. The third-order valence-electron chi connectivity index (χ3n) is 3.21. The van der Waals surface area contributed by atoms with E-state index in [2.05, 4.69) is 5.32 Å². The SMILES string of the molecule is O=C(O)C1CCN(C(=O)Nc2cccc(F)c2)CC1. The van der Waals surface area contributed by atoms with Crippen molar-refractivity contribution in [2.45, 2.75) is 12.8 Å². The number of hydrogen-bond acceptors (Lipinski definition) is 2. The van der Waals surface area contributed by atoms with Crippen molar-refractivity contribution >= 4 is 17.7 Å². The highest BCUT2D eigenvalue weighted by atomic mass is 19.1. The van der Waals surface area contributed by atoms with E-state index in [9.17, 15) is 14.0 Å². The molecular formula is C13H15FN2O3. The van der Waals surface area contributed by atoms with Crippen LogP contribution < -0.4 is 5.32 Å². The maximum atomic E-state index is 13.0. The topological polar surface area (TPSA) is 69.6 Å². The van der Waals surface area contributed by atoms with Crippen LogP contribution in [0.25, 0.3) is 0 Å². The molecule has 5 nitrogen and oxygen atoms in total. The number of benzene rings is 1. The first-order valence-electron chi connectivity index (χ1n) is 6.10. The normalized spacial score (nSPS) is 16.2. The number of nitrogens with zero attached hydrogens (tertiary/aromatic N) is 1. The number of rotatable bonds is 2. The molecule has 0 saturated carbocycles. The van der Waals surface area contributed by atoms with Crippen molar-refractivity contribution in [1.29, 1.82) is 0 Å². The quantitative estimate of drug-likeness (QED) is 0.861. The molecule has 2 rings (SSSR count). The van der Waals surface area contributed by atoms with Gasteiger partial charge in [0.2, 0.25) is 0 Å². The molecule has 102 valence electrons. The van der Waals surface area contributed by atoms with Crippen LogP contribution in [0.15, 0.2) is 24.3 Å². The van der Waals surface area contributed by atoms with Crippen LogP contribution in [-0.2, 0) is 4.79 Å². The lowest BCUT2D eigenvalue weighted by Gasteiger charge is -2.30. The number of nitrogens with one attached hydrogen (secondary N) is 1. The summed E-state index contributed by atoms with van der Waals surface area (Å²) >= 11 is 0. The summed E-state index contributed by atoms with van der Waals surface area (Å²) in [5.74, 6) is -1.61. The predicted molar refractivity (Wildman–Crippen MR) is 67.4 cm³/mol. The zero-order valence-corrected chi connectivity index (χ0v) is 10.3. The van der Waals surface area contributed by atoms with Crippen LogP contribution in [0.4, 0.5) is 14.9 Å². The smallest absolute Gasteiger partial charge is 0.321 e. The van der Waals surface area contributed by atoms with E-state index in [4.69, 9.17) is 5.11 Å². The highest BCUT2D eigenvalue weighted by Crippen LogP contribution is 2.18. The van der Waals surface area contributed by atoms with E-state index in [0.717, 1.165) is 0 Å². The van der Waals surface area contributed by atoms with Gasteiger partial charge in [-0.25, -0.2) is 9.18 Å². The van der Waals surface area contributed by atoms with Gasteiger partial charge < -0.3 is 15.3 Å². The number of urea groups is 1. The van der Waals surface area contributed by atoms with Crippen molar-refractivity contribution in [3.63, 3.8) is 0 Å². The van der Waals surface area contributed by atoms with Gasteiger partial charge in [-0.05, 0) is 31.0 Å². The summed E-state index contributed by atoms with van der Waals surface area (Å²) in [6, 6.07) is 5.33. The Balaban J connectivity index is 1.90. The number of anilines is 1. The number of carboxylic acid groups (broad SMARTS) is 1. The fraction of sp³-hybridized carbons (Fsp3) is 0.385. The Kier molecular flexibility index (Phi) is 3.99. The zero-order valence-electron chi connectivity index (χ0n) is 10.3. The number of carboxylic acids is 1. The number of carbonyl (C=O) groups is 2. The van der Waals surface area contributed by atoms with Crippen molar-refractivity contribution in [2.24, 2.45) is 5.92 Å². The minimum atomic E-state index is -0.815. The summed E-state index contributed by atoms with van der Waals surface area (Å²) in [5.41, 5.74) is 0.394. The fourth-order valence-corrected chi connectivity index (χ4v) is 2.10. The van der Waals surface area contributed by atoms with Crippen molar-refractivity contribution in [3.8, 4) is 0 Å². The van der Waals surface area contributed by atoms with Gasteiger partial charge >= 0.3 is 12.0 Å². The summed E-state index contributed by atoms with van der Waals surface area (Å²) < 4.78 is 13.0. The molecule has 0 atom stereocenters. The lowest BCUT2D eigenvalue weighted by atomic mass is 9.97. The molecule has 6 heteroatoms. The van der Waals surface area contributed by atoms with Crippen LogP contribution >= 0.6 is 0 Å². The van der Waals surface area contributed by atoms with E-state index < -0.39 is 11.8 Å². The summed E-state index contributed by atoms with van der Waals surface area (Å²) in [7, 11) is 0. The van der Waals surface area contributed by atoms with Gasteiger partial charge in [0.05, 0.1) is 5.92 Å². The molecule has 0 aliphatic carbocycles. The minimum Gasteiger partial charge on any atom is -0.481 e. The second-order valence-electron chi connectivity index (χ2n) is 4.54. The average molecular weight is 266 g/mol. The molecular weight excluding hydrogens is 251 g/mol. The van der Waals surface area contributed by atoms with Crippen LogP contribution in [0, 0.1) is 11.7 Å². The van der Waals surface area contributed by atoms with E-state index in [0.29, 0.717) is 31.6 Å². The third-order valence-corrected chi connectivity index (χ3v) is 3.21. The van der Waals surface area contributed by atoms with Crippen molar-refractivity contribution in [3.05, 3.63) is 30.1 Å². The van der Waals surface area contributed by atoms with Gasteiger partial charge in [0.15, 0.2) is 0 Å². The molecule has 0 radical (unpaired) electrons. The van der Waals surface area contributed by atoms with Gasteiger partial charge in [0.1, 0.15) is 5.82 Å². The fourth-order valence-electron chi connectivity index (χ4n) is 2.10. The van der Waals surface area contributed by atoms with Crippen LogP contribution in [0.5, 0.6) is 0 Å². The standard InChI is InChI=1S/C13H15FN2O3/c14-10-2-1-3-11(8-10)15-13(19)16-6-4-9(5-7-16)12(17)18/h1-3,8-9H,4-7H2,(H,15,19)(H,17,18). The molecule has 1 aromatic carbocycles. The third kappa shape index (κ3) is 3.43. The molecule has 1 fully saturated rings.